The molecule has 0 bridgehead atoms. The molecule has 2 heterocycles. The zero-order valence-corrected chi connectivity index (χ0v) is 19.9. The lowest BCUT2D eigenvalue weighted by Crippen LogP contribution is -2.25. The maximum absolute atomic E-state index is 15.0. The van der Waals surface area contributed by atoms with Crippen molar-refractivity contribution in [2.75, 3.05) is 0 Å². The van der Waals surface area contributed by atoms with Gasteiger partial charge in [0.05, 0.1) is 11.1 Å². The first-order chi connectivity index (χ1) is 18.0. The minimum atomic E-state index is -5.02. The number of halogens is 8. The van der Waals surface area contributed by atoms with E-state index in [0.717, 1.165) is 30.3 Å². The zero-order valence-electron chi connectivity index (χ0n) is 19.9. The second kappa shape index (κ2) is 10.9. The Labute approximate surface area is 215 Å². The van der Waals surface area contributed by atoms with Crippen molar-refractivity contribution in [1.82, 2.24) is 15.3 Å². The lowest BCUT2D eigenvalue weighted by atomic mass is 9.97. The van der Waals surface area contributed by atoms with Crippen molar-refractivity contribution >= 4 is 11.9 Å². The number of carboxylic acids is 1. The van der Waals surface area contributed by atoms with Crippen LogP contribution in [0.1, 0.15) is 60.9 Å². The fourth-order valence-corrected chi connectivity index (χ4v) is 3.63. The maximum atomic E-state index is 15.0. The van der Waals surface area contributed by atoms with Crippen LogP contribution < -0.4 is 5.32 Å². The summed E-state index contributed by atoms with van der Waals surface area (Å²) in [5.74, 6) is -6.41. The fourth-order valence-electron chi connectivity index (χ4n) is 3.63. The highest BCUT2D eigenvalue weighted by atomic mass is 19.4. The van der Waals surface area contributed by atoms with Gasteiger partial charge in [-0.1, -0.05) is 12.1 Å². The van der Waals surface area contributed by atoms with Crippen LogP contribution in [0.5, 0.6) is 0 Å². The number of hydrogen-bond donors (Lipinski definition) is 2. The smallest absolute Gasteiger partial charge is 0.416 e. The van der Waals surface area contributed by atoms with Crippen LogP contribution in [0, 0.1) is 6.92 Å². The molecule has 3 aromatic rings. The molecule has 0 atom stereocenters. The van der Waals surface area contributed by atoms with Gasteiger partial charge < -0.3 is 10.4 Å². The van der Waals surface area contributed by atoms with Gasteiger partial charge in [0.25, 0.3) is 11.8 Å². The van der Waals surface area contributed by atoms with Crippen LogP contribution in [0.4, 0.5) is 35.1 Å². The third-order valence-electron chi connectivity index (χ3n) is 5.54. The average Bonchev–Trinajstić information content (AvgIpc) is 2.84. The van der Waals surface area contributed by atoms with Crippen LogP contribution in [0.2, 0.25) is 0 Å². The summed E-state index contributed by atoms with van der Waals surface area (Å²) < 4.78 is 109. The van der Waals surface area contributed by atoms with E-state index in [1.807, 2.05) is 0 Å². The van der Waals surface area contributed by atoms with Crippen molar-refractivity contribution in [3.63, 3.8) is 0 Å². The van der Waals surface area contributed by atoms with Gasteiger partial charge in [-0.3, -0.25) is 4.79 Å². The van der Waals surface area contributed by atoms with E-state index in [0.29, 0.717) is 6.20 Å². The van der Waals surface area contributed by atoms with Crippen molar-refractivity contribution in [3.8, 4) is 0 Å². The highest BCUT2D eigenvalue weighted by Crippen LogP contribution is 2.37. The summed E-state index contributed by atoms with van der Waals surface area (Å²) in [6.45, 7) is 0.948. The summed E-state index contributed by atoms with van der Waals surface area (Å²) in [5, 5.41) is 11.2. The summed E-state index contributed by atoms with van der Waals surface area (Å²) in [7, 11) is 0. The van der Waals surface area contributed by atoms with Crippen molar-refractivity contribution < 1.29 is 49.8 Å². The van der Waals surface area contributed by atoms with Crippen molar-refractivity contribution in [1.29, 1.82) is 0 Å². The lowest BCUT2D eigenvalue weighted by molar-refractivity contribution is -0.139. The van der Waals surface area contributed by atoms with Crippen LogP contribution in [0.25, 0.3) is 0 Å². The van der Waals surface area contributed by atoms with Crippen LogP contribution in [-0.4, -0.2) is 27.0 Å². The first kappa shape index (κ1) is 29.5. The van der Waals surface area contributed by atoms with Gasteiger partial charge in [-0.05, 0) is 54.8 Å². The van der Waals surface area contributed by atoms with Gasteiger partial charge in [0.2, 0.25) is 0 Å². The summed E-state index contributed by atoms with van der Waals surface area (Å²) in [4.78, 5) is 30.7. The minimum Gasteiger partial charge on any atom is -0.477 e. The fraction of sp³-hybridized carbons (Fsp3) is 0.280. The van der Waals surface area contributed by atoms with Crippen LogP contribution in [0.3, 0.4) is 0 Å². The van der Waals surface area contributed by atoms with E-state index in [1.54, 1.807) is 0 Å². The first-order valence-corrected chi connectivity index (χ1v) is 11.1. The van der Waals surface area contributed by atoms with Gasteiger partial charge in [-0.25, -0.2) is 23.5 Å². The van der Waals surface area contributed by atoms with Crippen molar-refractivity contribution in [2.24, 2.45) is 0 Å². The molecule has 1 amide bonds. The number of aromatic carboxylic acids is 1. The number of amides is 1. The molecule has 0 aliphatic carbocycles. The van der Waals surface area contributed by atoms with Crippen LogP contribution in [-0.2, 0) is 31.2 Å². The molecule has 0 unspecified atom stereocenters. The molecule has 0 saturated heterocycles. The number of aromatic nitrogens is 2. The highest BCUT2D eigenvalue weighted by Gasteiger charge is 2.37. The molecule has 0 aliphatic heterocycles. The third-order valence-corrected chi connectivity index (χ3v) is 5.54. The van der Waals surface area contributed by atoms with E-state index >= 15 is 8.78 Å². The standard InChI is InChI=1S/C25H19F8N3O3/c1-13-7-17(9-19(36-13)21(37)35-11-14-3-2-4-16(8-14)24(28,29)30)23(26,27)6-5-15-12-34-20(22(38)39)10-18(15)25(31,32)33/h2-4,7-10,12H,5-6,11H2,1H3,(H,35,37)(H,38,39). The van der Waals surface area contributed by atoms with Crippen LogP contribution in [0.15, 0.2) is 48.7 Å². The van der Waals surface area contributed by atoms with Crippen LogP contribution >= 0.6 is 0 Å². The Morgan fingerprint density at radius 2 is 1.59 bits per heavy atom. The molecule has 0 fully saturated rings. The number of hydrogen-bond acceptors (Lipinski definition) is 4. The topological polar surface area (TPSA) is 92.2 Å². The Morgan fingerprint density at radius 1 is 0.897 bits per heavy atom. The molecule has 6 nitrogen and oxygen atoms in total. The second-order valence-corrected chi connectivity index (χ2v) is 8.50. The molecule has 0 aliphatic rings. The quantitative estimate of drug-likeness (QED) is 0.321. The van der Waals surface area contributed by atoms with E-state index < -0.39 is 76.6 Å². The maximum Gasteiger partial charge on any atom is 0.416 e. The van der Waals surface area contributed by atoms with E-state index in [9.17, 15) is 35.9 Å². The Hall–Kier alpha value is -4.10. The van der Waals surface area contributed by atoms with Gasteiger partial charge in [0, 0.05) is 30.4 Å². The summed E-state index contributed by atoms with van der Waals surface area (Å²) in [6.07, 6.45) is -11.0. The predicted molar refractivity (Wildman–Crippen MR) is 120 cm³/mol. The van der Waals surface area contributed by atoms with Crippen molar-refractivity contribution in [3.05, 3.63) is 93.6 Å². The largest absolute Gasteiger partial charge is 0.477 e. The van der Waals surface area contributed by atoms with Gasteiger partial charge in [0.15, 0.2) is 0 Å². The van der Waals surface area contributed by atoms with Gasteiger partial charge >= 0.3 is 18.3 Å². The summed E-state index contributed by atoms with van der Waals surface area (Å²) in [5.41, 5.74) is -5.00. The average molecular weight is 561 g/mol. The molecule has 39 heavy (non-hydrogen) atoms. The number of nitrogens with zero attached hydrogens (tertiary/aromatic N) is 2. The van der Waals surface area contributed by atoms with Gasteiger partial charge in [0.1, 0.15) is 11.4 Å². The van der Waals surface area contributed by atoms with E-state index in [2.05, 4.69) is 15.3 Å². The van der Waals surface area contributed by atoms with E-state index in [-0.39, 0.29) is 23.9 Å². The number of carboxylic acid groups (broad SMARTS) is 1. The number of aryl methyl sites for hydroxylation is 2. The number of carbonyl (C=O) groups is 2. The predicted octanol–water partition coefficient (Wildman–Crippen LogP) is 6.18. The third kappa shape index (κ3) is 7.48. The normalized spacial score (nSPS) is 12.3. The highest BCUT2D eigenvalue weighted by molar-refractivity contribution is 5.92. The SMILES string of the molecule is Cc1cc(C(F)(F)CCc2cnc(C(=O)O)cc2C(F)(F)F)cc(C(=O)NCc2cccc(C(F)(F)F)c2)n1. The van der Waals surface area contributed by atoms with E-state index in [1.165, 1.54) is 13.0 Å². The molecule has 0 saturated carbocycles. The van der Waals surface area contributed by atoms with Crippen molar-refractivity contribution in [2.45, 2.75) is 44.6 Å². The monoisotopic (exact) mass is 561 g/mol. The van der Waals surface area contributed by atoms with Gasteiger partial charge in [-0.2, -0.15) is 26.3 Å². The molecule has 2 aromatic heterocycles. The zero-order chi connectivity index (χ0) is 29.2. The molecular formula is C25H19F8N3O3. The summed E-state index contributed by atoms with van der Waals surface area (Å²) >= 11 is 0. The first-order valence-electron chi connectivity index (χ1n) is 11.1. The molecule has 2 N–H and O–H groups in total. The Balaban J connectivity index is 1.78. The lowest BCUT2D eigenvalue weighted by Gasteiger charge is -2.19. The van der Waals surface area contributed by atoms with Gasteiger partial charge in [-0.15, -0.1) is 0 Å². The Bertz CT molecular complexity index is 1390. The number of alkyl halides is 8. The number of pyridine rings is 2. The Kier molecular flexibility index (Phi) is 8.27. The molecule has 0 radical (unpaired) electrons. The molecular weight excluding hydrogens is 542 g/mol. The number of rotatable bonds is 8. The molecule has 1 aromatic carbocycles. The molecule has 0 spiro atoms. The molecule has 3 rings (SSSR count). The number of carbonyl (C=O) groups excluding carboxylic acids is 1. The van der Waals surface area contributed by atoms with E-state index in [4.69, 9.17) is 5.11 Å². The summed E-state index contributed by atoms with van der Waals surface area (Å²) in [6, 6.07) is 6.07. The Morgan fingerprint density at radius 3 is 2.21 bits per heavy atom. The second-order valence-electron chi connectivity index (χ2n) is 8.50. The molecule has 208 valence electrons. The number of benzene rings is 1. The minimum absolute atomic E-state index is 0.0140. The number of nitrogens with one attached hydrogen (secondary N) is 1. The molecule has 14 heteroatoms.